The molecule has 5 heteroatoms. The number of anilines is 1. The first kappa shape index (κ1) is 14.5. The summed E-state index contributed by atoms with van der Waals surface area (Å²) in [5.41, 5.74) is 3.56. The molecular weight excluding hydrogens is 272 g/mol. The van der Waals surface area contributed by atoms with E-state index in [1.165, 1.54) is 10.4 Å². The quantitative estimate of drug-likeness (QED) is 0.882. The maximum absolute atomic E-state index is 11.4. The molecule has 2 aromatic rings. The summed E-state index contributed by atoms with van der Waals surface area (Å²) in [6.45, 7) is 6.36. The lowest BCUT2D eigenvalue weighted by Gasteiger charge is -2.12. The van der Waals surface area contributed by atoms with Gasteiger partial charge in [-0.3, -0.25) is 4.98 Å². The molecule has 0 atom stereocenters. The number of carboxylic acid groups (broad SMARTS) is 1. The van der Waals surface area contributed by atoms with Crippen LogP contribution in [0.3, 0.4) is 0 Å². The van der Waals surface area contributed by atoms with E-state index in [1.54, 1.807) is 24.3 Å². The molecule has 2 heterocycles. The van der Waals surface area contributed by atoms with Crippen LogP contribution in [0, 0.1) is 13.8 Å². The van der Waals surface area contributed by atoms with Gasteiger partial charge in [0.25, 0.3) is 0 Å². The Kier molecular flexibility index (Phi) is 4.39. The predicted octanol–water partition coefficient (Wildman–Crippen LogP) is 3.63. The number of aromatic nitrogens is 1. The van der Waals surface area contributed by atoms with E-state index in [-0.39, 0.29) is 5.56 Å². The summed E-state index contributed by atoms with van der Waals surface area (Å²) >= 11 is 1.69. The van der Waals surface area contributed by atoms with Crippen molar-refractivity contribution in [3.05, 3.63) is 44.9 Å². The molecule has 0 amide bonds. The fraction of sp³-hybridized carbons (Fsp3) is 0.333. The average Bonchev–Trinajstić information content (AvgIpc) is 2.82. The first-order chi connectivity index (χ1) is 9.52. The van der Waals surface area contributed by atoms with Crippen LogP contribution < -0.4 is 5.32 Å². The van der Waals surface area contributed by atoms with Gasteiger partial charge in [0.2, 0.25) is 0 Å². The molecule has 2 N–H and O–H groups in total. The van der Waals surface area contributed by atoms with Crippen molar-refractivity contribution in [3.8, 4) is 0 Å². The van der Waals surface area contributed by atoms with Gasteiger partial charge in [0.05, 0.1) is 11.4 Å². The lowest BCUT2D eigenvalue weighted by atomic mass is 10.1. The fourth-order valence-corrected chi connectivity index (χ4v) is 3.17. The van der Waals surface area contributed by atoms with Crippen molar-refractivity contribution >= 4 is 23.0 Å². The number of carbonyl (C=O) groups is 1. The molecule has 4 nitrogen and oxygen atoms in total. The van der Waals surface area contributed by atoms with Gasteiger partial charge in [0.15, 0.2) is 0 Å². The van der Waals surface area contributed by atoms with E-state index in [0.717, 1.165) is 12.1 Å². The maximum atomic E-state index is 11.4. The highest BCUT2D eigenvalue weighted by Gasteiger charge is 2.15. The molecule has 0 saturated carbocycles. The first-order valence-corrected chi connectivity index (χ1v) is 7.41. The maximum Gasteiger partial charge on any atom is 0.339 e. The van der Waals surface area contributed by atoms with E-state index in [1.807, 2.05) is 6.92 Å². The summed E-state index contributed by atoms with van der Waals surface area (Å²) < 4.78 is 0. The Bertz CT molecular complexity index is 635. The van der Waals surface area contributed by atoms with Gasteiger partial charge in [-0.05, 0) is 43.3 Å². The fourth-order valence-electron chi connectivity index (χ4n) is 2.25. The van der Waals surface area contributed by atoms with E-state index in [0.29, 0.717) is 17.9 Å². The number of rotatable bonds is 5. The number of hydrogen-bond donors (Lipinski definition) is 2. The van der Waals surface area contributed by atoms with Crippen molar-refractivity contribution in [2.75, 3.05) is 5.32 Å². The minimum atomic E-state index is -0.945. The molecule has 0 bridgehead atoms. The zero-order valence-corrected chi connectivity index (χ0v) is 12.7. The summed E-state index contributed by atoms with van der Waals surface area (Å²) in [5, 5.41) is 14.6. The Balaban J connectivity index is 2.27. The molecule has 0 unspecified atom stereocenters. The highest BCUT2D eigenvalue weighted by atomic mass is 32.1. The molecule has 0 fully saturated rings. The normalized spacial score (nSPS) is 10.6. The Morgan fingerprint density at radius 3 is 2.85 bits per heavy atom. The molecule has 2 aromatic heterocycles. The molecule has 20 heavy (non-hydrogen) atoms. The third kappa shape index (κ3) is 2.99. The first-order valence-electron chi connectivity index (χ1n) is 6.53. The molecule has 0 aliphatic heterocycles. The van der Waals surface area contributed by atoms with Gasteiger partial charge in [0.1, 0.15) is 5.56 Å². The molecule has 0 saturated heterocycles. The molecule has 0 radical (unpaired) electrons. The molecule has 0 spiro atoms. The monoisotopic (exact) mass is 290 g/mol. The van der Waals surface area contributed by atoms with Gasteiger partial charge < -0.3 is 10.4 Å². The van der Waals surface area contributed by atoms with Gasteiger partial charge in [0, 0.05) is 17.1 Å². The second kappa shape index (κ2) is 6.05. The van der Waals surface area contributed by atoms with Crippen LogP contribution in [0.4, 0.5) is 5.69 Å². The van der Waals surface area contributed by atoms with Crippen LogP contribution in [-0.4, -0.2) is 16.1 Å². The number of hydrogen-bond acceptors (Lipinski definition) is 4. The van der Waals surface area contributed by atoms with E-state index in [4.69, 9.17) is 0 Å². The van der Waals surface area contributed by atoms with Crippen LogP contribution in [0.5, 0.6) is 0 Å². The van der Waals surface area contributed by atoms with E-state index < -0.39 is 5.97 Å². The number of nitrogens with one attached hydrogen (secondary N) is 1. The number of thiophene rings is 1. The molecule has 0 aliphatic carbocycles. The predicted molar refractivity (Wildman–Crippen MR) is 81.7 cm³/mol. The average molecular weight is 290 g/mol. The number of pyridine rings is 1. The van der Waals surface area contributed by atoms with Crippen molar-refractivity contribution in [3.63, 3.8) is 0 Å². The third-order valence-corrected chi connectivity index (χ3v) is 4.16. The van der Waals surface area contributed by atoms with Crippen molar-refractivity contribution in [1.29, 1.82) is 0 Å². The van der Waals surface area contributed by atoms with Crippen LogP contribution in [0.1, 0.15) is 39.1 Å². The van der Waals surface area contributed by atoms with E-state index in [2.05, 4.69) is 28.7 Å². The van der Waals surface area contributed by atoms with Gasteiger partial charge in [-0.25, -0.2) is 4.79 Å². The molecule has 106 valence electrons. The summed E-state index contributed by atoms with van der Waals surface area (Å²) in [6, 6.07) is 3.90. The van der Waals surface area contributed by atoms with Gasteiger partial charge >= 0.3 is 5.97 Å². The number of nitrogens with zero attached hydrogens (tertiary/aromatic N) is 1. The minimum absolute atomic E-state index is 0.255. The highest BCUT2D eigenvalue weighted by Crippen LogP contribution is 2.23. The lowest BCUT2D eigenvalue weighted by Crippen LogP contribution is -2.10. The number of aryl methyl sites for hydroxylation is 3. The summed E-state index contributed by atoms with van der Waals surface area (Å²) in [4.78, 5) is 16.8. The largest absolute Gasteiger partial charge is 0.478 e. The second-order valence-electron chi connectivity index (χ2n) is 4.65. The molecular formula is C15H18N2O2S. The standard InChI is InChI=1S/C15H18N2O2S/c1-4-11-5-6-20-13(11)8-16-12-7-9(2)17-10(3)14(12)15(18)19/h5-7H,4,8H2,1-3H3,(H,16,17)(H,18,19). The second-order valence-corrected chi connectivity index (χ2v) is 5.65. The Labute approximate surface area is 122 Å². The van der Waals surface area contributed by atoms with E-state index >= 15 is 0 Å². The zero-order chi connectivity index (χ0) is 14.7. The van der Waals surface area contributed by atoms with Gasteiger partial charge in [-0.15, -0.1) is 11.3 Å². The van der Waals surface area contributed by atoms with Crippen LogP contribution in [0.15, 0.2) is 17.5 Å². The Morgan fingerprint density at radius 1 is 1.45 bits per heavy atom. The summed E-state index contributed by atoms with van der Waals surface area (Å²) in [7, 11) is 0. The minimum Gasteiger partial charge on any atom is -0.478 e. The molecule has 0 aliphatic rings. The van der Waals surface area contributed by atoms with Crippen molar-refractivity contribution in [2.45, 2.75) is 33.7 Å². The smallest absolute Gasteiger partial charge is 0.339 e. The SMILES string of the molecule is CCc1ccsc1CNc1cc(C)nc(C)c1C(=O)O. The topological polar surface area (TPSA) is 62.2 Å². The Hall–Kier alpha value is -1.88. The van der Waals surface area contributed by atoms with Crippen LogP contribution in [0.25, 0.3) is 0 Å². The van der Waals surface area contributed by atoms with Crippen LogP contribution in [0.2, 0.25) is 0 Å². The number of carboxylic acids is 1. The van der Waals surface area contributed by atoms with Gasteiger partial charge in [-0.2, -0.15) is 0 Å². The van der Waals surface area contributed by atoms with Crippen molar-refractivity contribution < 1.29 is 9.90 Å². The highest BCUT2D eigenvalue weighted by molar-refractivity contribution is 7.10. The Morgan fingerprint density at radius 2 is 2.20 bits per heavy atom. The third-order valence-electron chi connectivity index (χ3n) is 3.20. The van der Waals surface area contributed by atoms with Crippen molar-refractivity contribution in [1.82, 2.24) is 4.98 Å². The van der Waals surface area contributed by atoms with Crippen LogP contribution >= 0.6 is 11.3 Å². The molecule has 0 aromatic carbocycles. The summed E-state index contributed by atoms with van der Waals surface area (Å²) in [5.74, 6) is -0.945. The van der Waals surface area contributed by atoms with Crippen molar-refractivity contribution in [2.24, 2.45) is 0 Å². The van der Waals surface area contributed by atoms with E-state index in [9.17, 15) is 9.90 Å². The molecule has 2 rings (SSSR count). The summed E-state index contributed by atoms with van der Waals surface area (Å²) in [6.07, 6.45) is 0.987. The lowest BCUT2D eigenvalue weighted by molar-refractivity contribution is 0.0696. The van der Waals surface area contributed by atoms with Crippen LogP contribution in [-0.2, 0) is 13.0 Å². The number of aromatic carboxylic acids is 1. The van der Waals surface area contributed by atoms with Gasteiger partial charge in [-0.1, -0.05) is 6.92 Å². The zero-order valence-electron chi connectivity index (χ0n) is 11.9.